The Labute approximate surface area is 95.0 Å². The highest BCUT2D eigenvalue weighted by atomic mass is 16.5. The van der Waals surface area contributed by atoms with Crippen molar-refractivity contribution in [2.75, 3.05) is 39.4 Å². The average molecular weight is 216 g/mol. The van der Waals surface area contributed by atoms with E-state index in [2.05, 4.69) is 24.5 Å². The Kier molecular flexibility index (Phi) is 13.8. The topological polar surface area (TPSA) is 33.3 Å². The van der Waals surface area contributed by atoms with Crippen LogP contribution in [-0.4, -0.2) is 39.4 Å². The van der Waals surface area contributed by atoms with Gasteiger partial charge in [0.2, 0.25) is 0 Å². The number of rotatable bonds is 12. The first-order valence-electron chi connectivity index (χ1n) is 6.41. The molecule has 0 fully saturated rings. The molecular weight excluding hydrogens is 188 g/mol. The number of hydrogen-bond donors (Lipinski definition) is 2. The summed E-state index contributed by atoms with van der Waals surface area (Å²) in [5, 5.41) is 6.81. The first-order chi connectivity index (χ1) is 7.41. The Morgan fingerprint density at radius 3 is 2.07 bits per heavy atom. The summed E-state index contributed by atoms with van der Waals surface area (Å²) in [4.78, 5) is 0. The minimum Gasteiger partial charge on any atom is -0.381 e. The van der Waals surface area contributed by atoms with Crippen LogP contribution in [0.25, 0.3) is 0 Å². The lowest BCUT2D eigenvalue weighted by Gasteiger charge is -2.06. The van der Waals surface area contributed by atoms with E-state index < -0.39 is 0 Å². The van der Waals surface area contributed by atoms with Crippen molar-refractivity contribution in [1.82, 2.24) is 10.6 Å². The maximum absolute atomic E-state index is 5.39. The largest absolute Gasteiger partial charge is 0.381 e. The maximum Gasteiger partial charge on any atom is 0.0478 e. The zero-order valence-electron chi connectivity index (χ0n) is 10.5. The molecule has 0 bridgehead atoms. The SMILES string of the molecule is CCCNCCCNCCCOCCC. The van der Waals surface area contributed by atoms with Crippen molar-refractivity contribution in [1.29, 1.82) is 0 Å². The maximum atomic E-state index is 5.39. The molecule has 0 saturated heterocycles. The fourth-order valence-corrected chi connectivity index (χ4v) is 1.31. The highest BCUT2D eigenvalue weighted by Gasteiger charge is 1.89. The summed E-state index contributed by atoms with van der Waals surface area (Å²) >= 11 is 0. The van der Waals surface area contributed by atoms with Crippen molar-refractivity contribution in [3.63, 3.8) is 0 Å². The first kappa shape index (κ1) is 14.9. The van der Waals surface area contributed by atoms with Crippen LogP contribution in [-0.2, 0) is 4.74 Å². The molecule has 0 aliphatic rings. The van der Waals surface area contributed by atoms with E-state index >= 15 is 0 Å². The summed E-state index contributed by atoms with van der Waals surface area (Å²) in [6, 6.07) is 0. The number of hydrogen-bond acceptors (Lipinski definition) is 3. The molecule has 15 heavy (non-hydrogen) atoms. The highest BCUT2D eigenvalue weighted by Crippen LogP contribution is 1.84. The Morgan fingerprint density at radius 2 is 1.40 bits per heavy atom. The van der Waals surface area contributed by atoms with E-state index in [9.17, 15) is 0 Å². The fraction of sp³-hybridized carbons (Fsp3) is 1.00. The van der Waals surface area contributed by atoms with Gasteiger partial charge in [-0.05, 0) is 51.9 Å². The third-order valence-corrected chi connectivity index (χ3v) is 2.12. The summed E-state index contributed by atoms with van der Waals surface area (Å²) < 4.78 is 5.39. The van der Waals surface area contributed by atoms with Crippen LogP contribution in [0, 0.1) is 0 Å². The van der Waals surface area contributed by atoms with Crippen molar-refractivity contribution >= 4 is 0 Å². The molecule has 0 heterocycles. The van der Waals surface area contributed by atoms with Gasteiger partial charge in [-0.3, -0.25) is 0 Å². The standard InChI is InChI=1S/C12H28N2O/c1-3-7-13-8-5-9-14-10-6-12-15-11-4-2/h13-14H,3-12H2,1-2H3. The smallest absolute Gasteiger partial charge is 0.0478 e. The molecule has 0 aromatic rings. The lowest BCUT2D eigenvalue weighted by molar-refractivity contribution is 0.132. The summed E-state index contributed by atoms with van der Waals surface area (Å²) in [7, 11) is 0. The van der Waals surface area contributed by atoms with E-state index in [-0.39, 0.29) is 0 Å². The third-order valence-electron chi connectivity index (χ3n) is 2.12. The Balaban J connectivity index is 2.81. The molecule has 0 atom stereocenters. The molecule has 0 aliphatic carbocycles. The van der Waals surface area contributed by atoms with Crippen molar-refractivity contribution in [3.8, 4) is 0 Å². The minimum atomic E-state index is 0.898. The molecule has 2 N–H and O–H groups in total. The molecule has 0 aliphatic heterocycles. The van der Waals surface area contributed by atoms with Crippen LogP contribution in [0.3, 0.4) is 0 Å². The van der Waals surface area contributed by atoms with Gasteiger partial charge >= 0.3 is 0 Å². The summed E-state index contributed by atoms with van der Waals surface area (Å²) in [5.41, 5.74) is 0. The molecule has 0 aromatic heterocycles. The summed E-state index contributed by atoms with van der Waals surface area (Å²) in [6.45, 7) is 10.6. The van der Waals surface area contributed by atoms with E-state index in [0.717, 1.165) is 52.2 Å². The fourth-order valence-electron chi connectivity index (χ4n) is 1.31. The zero-order chi connectivity index (χ0) is 11.2. The first-order valence-corrected chi connectivity index (χ1v) is 6.41. The van der Waals surface area contributed by atoms with Crippen LogP contribution < -0.4 is 10.6 Å². The average Bonchev–Trinajstić information content (AvgIpc) is 2.26. The van der Waals surface area contributed by atoms with Gasteiger partial charge in [0.15, 0.2) is 0 Å². The molecule has 3 heteroatoms. The zero-order valence-corrected chi connectivity index (χ0v) is 10.5. The second-order valence-electron chi connectivity index (χ2n) is 3.82. The molecular formula is C12H28N2O. The van der Waals surface area contributed by atoms with Gasteiger partial charge in [-0.2, -0.15) is 0 Å². The van der Waals surface area contributed by atoms with Crippen molar-refractivity contribution in [2.45, 2.75) is 39.5 Å². The molecule has 0 amide bonds. The van der Waals surface area contributed by atoms with Crippen molar-refractivity contribution in [2.24, 2.45) is 0 Å². The lowest BCUT2D eigenvalue weighted by atomic mass is 10.3. The number of ether oxygens (including phenoxy) is 1. The predicted octanol–water partition coefficient (Wildman–Crippen LogP) is 1.78. The summed E-state index contributed by atoms with van der Waals surface area (Å²) in [5.74, 6) is 0. The Hall–Kier alpha value is -0.120. The second kappa shape index (κ2) is 13.9. The van der Waals surface area contributed by atoms with Gasteiger partial charge in [0.1, 0.15) is 0 Å². The third kappa shape index (κ3) is 13.9. The van der Waals surface area contributed by atoms with Gasteiger partial charge < -0.3 is 15.4 Å². The van der Waals surface area contributed by atoms with Crippen LogP contribution in [0.5, 0.6) is 0 Å². The van der Waals surface area contributed by atoms with E-state index in [0.29, 0.717) is 0 Å². The van der Waals surface area contributed by atoms with E-state index in [1.165, 1.54) is 12.8 Å². The molecule has 0 rings (SSSR count). The van der Waals surface area contributed by atoms with E-state index in [1.807, 2.05) is 0 Å². The van der Waals surface area contributed by atoms with Gasteiger partial charge in [0, 0.05) is 13.2 Å². The minimum absolute atomic E-state index is 0.898. The second-order valence-corrected chi connectivity index (χ2v) is 3.82. The highest BCUT2D eigenvalue weighted by molar-refractivity contribution is 4.51. The van der Waals surface area contributed by atoms with Gasteiger partial charge in [-0.25, -0.2) is 0 Å². The molecule has 3 nitrogen and oxygen atoms in total. The van der Waals surface area contributed by atoms with Crippen LogP contribution in [0.1, 0.15) is 39.5 Å². The molecule has 92 valence electrons. The van der Waals surface area contributed by atoms with Crippen molar-refractivity contribution in [3.05, 3.63) is 0 Å². The lowest BCUT2D eigenvalue weighted by Crippen LogP contribution is -2.23. The Morgan fingerprint density at radius 1 is 0.733 bits per heavy atom. The van der Waals surface area contributed by atoms with Gasteiger partial charge in [0.05, 0.1) is 0 Å². The molecule has 0 unspecified atom stereocenters. The normalized spacial score (nSPS) is 10.8. The van der Waals surface area contributed by atoms with Crippen LogP contribution in [0.15, 0.2) is 0 Å². The van der Waals surface area contributed by atoms with E-state index in [4.69, 9.17) is 4.74 Å². The summed E-state index contributed by atoms with van der Waals surface area (Å²) in [6.07, 6.45) is 4.69. The van der Waals surface area contributed by atoms with Gasteiger partial charge in [0.25, 0.3) is 0 Å². The van der Waals surface area contributed by atoms with Gasteiger partial charge in [-0.1, -0.05) is 13.8 Å². The quantitative estimate of drug-likeness (QED) is 0.488. The molecule has 0 spiro atoms. The molecule has 0 aromatic carbocycles. The monoisotopic (exact) mass is 216 g/mol. The molecule has 0 saturated carbocycles. The van der Waals surface area contributed by atoms with E-state index in [1.54, 1.807) is 0 Å². The van der Waals surface area contributed by atoms with Crippen LogP contribution in [0.4, 0.5) is 0 Å². The van der Waals surface area contributed by atoms with Crippen LogP contribution >= 0.6 is 0 Å². The predicted molar refractivity (Wildman–Crippen MR) is 66.4 cm³/mol. The van der Waals surface area contributed by atoms with Crippen molar-refractivity contribution < 1.29 is 4.74 Å². The number of nitrogens with one attached hydrogen (secondary N) is 2. The molecule has 0 radical (unpaired) electrons. The van der Waals surface area contributed by atoms with Crippen LogP contribution in [0.2, 0.25) is 0 Å². The van der Waals surface area contributed by atoms with Gasteiger partial charge in [-0.15, -0.1) is 0 Å². The Bertz CT molecular complexity index is 97.8.